The van der Waals surface area contributed by atoms with Crippen LogP contribution in [0, 0.1) is 0 Å². The average molecular weight is 607 g/mol. The van der Waals surface area contributed by atoms with Crippen LogP contribution in [0.4, 0.5) is 0 Å². The van der Waals surface area contributed by atoms with Gasteiger partial charge < -0.3 is 29.2 Å². The highest BCUT2D eigenvalue weighted by Gasteiger charge is 2.20. The number of ether oxygens (including phenoxy) is 4. The number of rotatable bonds is 24. The van der Waals surface area contributed by atoms with Gasteiger partial charge in [0, 0.05) is 47.3 Å². The molecule has 240 valence electrons. The number of carboxylic acids is 1. The highest BCUT2D eigenvalue weighted by Crippen LogP contribution is 2.16. The Morgan fingerprint density at radius 2 is 1.09 bits per heavy atom. The van der Waals surface area contributed by atoms with E-state index < -0.39 is 42.1 Å². The molecule has 0 amide bonds. The highest BCUT2D eigenvalue weighted by atomic mass is 16.6. The third-order valence-corrected chi connectivity index (χ3v) is 6.09. The molecule has 0 bridgehead atoms. The molecule has 0 fully saturated rings. The van der Waals surface area contributed by atoms with Crippen molar-refractivity contribution in [2.75, 3.05) is 19.8 Å². The van der Waals surface area contributed by atoms with Gasteiger partial charge in [-0.25, -0.2) is 24.0 Å². The van der Waals surface area contributed by atoms with Crippen molar-refractivity contribution in [2.24, 2.45) is 0 Å². The van der Waals surface area contributed by atoms with Crippen LogP contribution in [-0.2, 0) is 42.9 Å². The maximum absolute atomic E-state index is 12.4. The first kappa shape index (κ1) is 39.0. The van der Waals surface area contributed by atoms with Crippen molar-refractivity contribution in [3.63, 3.8) is 0 Å². The minimum Gasteiger partial charge on any atom is -0.478 e. The van der Waals surface area contributed by atoms with Crippen LogP contribution < -0.4 is 0 Å². The molecule has 11 heteroatoms. The number of aliphatic hydroxyl groups excluding tert-OH is 1. The summed E-state index contributed by atoms with van der Waals surface area (Å²) in [6.07, 6.45) is 2.67. The molecule has 2 atom stereocenters. The molecule has 0 aromatic rings. The van der Waals surface area contributed by atoms with Crippen molar-refractivity contribution in [3.8, 4) is 0 Å². The topological polar surface area (TPSA) is 163 Å². The summed E-state index contributed by atoms with van der Waals surface area (Å²) in [5.74, 6) is -3.64. The van der Waals surface area contributed by atoms with Gasteiger partial charge in [-0.05, 0) is 58.8 Å². The number of unbranched alkanes of at least 4 members (excludes halogenated alkanes) is 2. The van der Waals surface area contributed by atoms with E-state index in [0.29, 0.717) is 31.3 Å². The predicted octanol–water partition coefficient (Wildman–Crippen LogP) is 4.70. The largest absolute Gasteiger partial charge is 0.478 e. The van der Waals surface area contributed by atoms with Crippen LogP contribution in [-0.4, -0.2) is 72.1 Å². The molecule has 0 aliphatic heterocycles. The molecule has 43 heavy (non-hydrogen) atoms. The molecule has 0 radical (unpaired) electrons. The second-order valence-corrected chi connectivity index (χ2v) is 10.2. The van der Waals surface area contributed by atoms with Crippen LogP contribution in [0.5, 0.6) is 0 Å². The second kappa shape index (κ2) is 21.7. The molecule has 11 nitrogen and oxygen atoms in total. The van der Waals surface area contributed by atoms with E-state index in [4.69, 9.17) is 29.2 Å². The number of carbonyl (C=O) groups is 5. The van der Waals surface area contributed by atoms with Crippen LogP contribution >= 0.6 is 0 Å². The molecule has 2 unspecified atom stereocenters. The summed E-state index contributed by atoms with van der Waals surface area (Å²) in [5.41, 5.74) is 0.727. The van der Waals surface area contributed by atoms with Gasteiger partial charge in [0.25, 0.3) is 0 Å². The van der Waals surface area contributed by atoms with E-state index in [1.807, 2.05) is 0 Å². The normalized spacial score (nSPS) is 11.8. The minimum absolute atomic E-state index is 0.00272. The fraction of sp³-hybridized carbons (Fsp3) is 0.531. The van der Waals surface area contributed by atoms with Crippen molar-refractivity contribution in [3.05, 3.63) is 60.8 Å². The third kappa shape index (κ3) is 18.2. The van der Waals surface area contributed by atoms with Crippen LogP contribution in [0.3, 0.4) is 0 Å². The second-order valence-electron chi connectivity index (χ2n) is 10.2. The fourth-order valence-electron chi connectivity index (χ4n) is 3.40. The lowest BCUT2D eigenvalue weighted by Crippen LogP contribution is -2.21. The lowest BCUT2D eigenvalue weighted by molar-refractivity contribution is -0.146. The summed E-state index contributed by atoms with van der Waals surface area (Å²) in [6.45, 7) is 21.4. The average Bonchev–Trinajstić information content (AvgIpc) is 2.95. The van der Waals surface area contributed by atoms with E-state index in [9.17, 15) is 24.0 Å². The van der Waals surface area contributed by atoms with Gasteiger partial charge in [0.1, 0.15) is 6.10 Å². The molecular formula is C32H46O11. The Labute approximate surface area is 253 Å². The minimum atomic E-state index is -1.16. The van der Waals surface area contributed by atoms with Gasteiger partial charge in [0.2, 0.25) is 0 Å². The van der Waals surface area contributed by atoms with Crippen LogP contribution in [0.25, 0.3) is 0 Å². The first-order valence-electron chi connectivity index (χ1n) is 14.2. The molecular weight excluding hydrogens is 560 g/mol. The summed E-state index contributed by atoms with van der Waals surface area (Å²) in [6, 6.07) is 0. The lowest BCUT2D eigenvalue weighted by atomic mass is 10.1. The van der Waals surface area contributed by atoms with Crippen molar-refractivity contribution >= 4 is 29.8 Å². The number of carbonyl (C=O) groups excluding carboxylic acids is 4. The molecule has 0 saturated carbocycles. The van der Waals surface area contributed by atoms with E-state index in [2.05, 4.69) is 32.9 Å². The summed E-state index contributed by atoms with van der Waals surface area (Å²) < 4.78 is 20.8. The lowest BCUT2D eigenvalue weighted by Gasteiger charge is -2.17. The molecule has 0 saturated heterocycles. The van der Waals surface area contributed by atoms with E-state index in [1.54, 1.807) is 13.8 Å². The van der Waals surface area contributed by atoms with Crippen molar-refractivity contribution in [1.29, 1.82) is 0 Å². The number of aliphatic carboxylic acids is 1. The van der Waals surface area contributed by atoms with Gasteiger partial charge in [-0.15, -0.1) is 0 Å². The predicted molar refractivity (Wildman–Crippen MR) is 160 cm³/mol. The van der Waals surface area contributed by atoms with Gasteiger partial charge >= 0.3 is 29.8 Å². The molecule has 0 spiro atoms. The van der Waals surface area contributed by atoms with Gasteiger partial charge in [-0.1, -0.05) is 39.3 Å². The molecule has 2 N–H and O–H groups in total. The molecule has 0 heterocycles. The number of esters is 4. The van der Waals surface area contributed by atoms with Gasteiger partial charge in [-0.3, -0.25) is 0 Å². The van der Waals surface area contributed by atoms with E-state index in [1.165, 1.54) is 0 Å². The zero-order chi connectivity index (χ0) is 32.9. The first-order valence-corrected chi connectivity index (χ1v) is 14.2. The molecule has 0 aliphatic carbocycles. The van der Waals surface area contributed by atoms with E-state index in [0.717, 1.165) is 12.8 Å². The van der Waals surface area contributed by atoms with Crippen LogP contribution in [0.1, 0.15) is 78.1 Å². The van der Waals surface area contributed by atoms with Crippen LogP contribution in [0.15, 0.2) is 60.8 Å². The maximum Gasteiger partial charge on any atom is 0.333 e. The van der Waals surface area contributed by atoms with E-state index >= 15 is 0 Å². The number of aliphatic hydroxyl groups is 1. The Morgan fingerprint density at radius 3 is 1.70 bits per heavy atom. The third-order valence-electron chi connectivity index (χ3n) is 6.09. The van der Waals surface area contributed by atoms with Gasteiger partial charge in [-0.2, -0.15) is 0 Å². The highest BCUT2D eigenvalue weighted by molar-refractivity contribution is 5.90. The van der Waals surface area contributed by atoms with Crippen LogP contribution in [0.2, 0.25) is 0 Å². The zero-order valence-electron chi connectivity index (χ0n) is 25.5. The Kier molecular flexibility index (Phi) is 19.7. The number of hydrogen-bond acceptors (Lipinski definition) is 10. The summed E-state index contributed by atoms with van der Waals surface area (Å²) in [4.78, 5) is 59.3. The van der Waals surface area contributed by atoms with Crippen molar-refractivity contribution in [1.82, 2.24) is 0 Å². The number of carboxylic acid groups (broad SMARTS) is 1. The summed E-state index contributed by atoms with van der Waals surface area (Å²) >= 11 is 0. The van der Waals surface area contributed by atoms with Crippen molar-refractivity contribution in [2.45, 2.75) is 90.3 Å². The van der Waals surface area contributed by atoms with Gasteiger partial charge in [0.05, 0.1) is 19.3 Å². The summed E-state index contributed by atoms with van der Waals surface area (Å²) in [5, 5.41) is 17.6. The SMILES string of the molecule is C=C(CCOC(=O)C(=C)CCCOC(=O)C(=C)CC(C)OC(=O)C(=C)CCC(C)OC(=O)C(=C)CCCCCO)C(=O)O. The Hall–Kier alpha value is -3.99. The standard InChI is InChI=1S/C32H46O11/c1-21(28(34)35)16-19-41-29(36)22(2)13-11-18-40-30(37)25(5)20-27(7)43-32(39)24(4)14-15-26(6)42-31(38)23(3)12-9-8-10-17-33/h26-27,33H,1-5,8-20H2,6-7H3,(H,34,35). The molecule has 0 rings (SSSR count). The first-order chi connectivity index (χ1) is 20.2. The smallest absolute Gasteiger partial charge is 0.333 e. The fourth-order valence-corrected chi connectivity index (χ4v) is 3.40. The zero-order valence-corrected chi connectivity index (χ0v) is 25.5. The number of hydrogen-bond donors (Lipinski definition) is 2. The Balaban J connectivity index is 4.27. The Bertz CT molecular complexity index is 1050. The quantitative estimate of drug-likeness (QED) is 0.0678. The monoisotopic (exact) mass is 606 g/mol. The van der Waals surface area contributed by atoms with Crippen molar-refractivity contribution < 1.29 is 53.1 Å². The Morgan fingerprint density at radius 1 is 0.581 bits per heavy atom. The van der Waals surface area contributed by atoms with Gasteiger partial charge in [0.15, 0.2) is 0 Å². The molecule has 0 aromatic heterocycles. The summed E-state index contributed by atoms with van der Waals surface area (Å²) in [7, 11) is 0. The van der Waals surface area contributed by atoms with E-state index in [-0.39, 0.29) is 67.8 Å². The molecule has 0 aliphatic rings. The maximum atomic E-state index is 12.4. The molecule has 0 aromatic carbocycles.